The number of ether oxygens (including phenoxy) is 1. The molecule has 4 heteroatoms. The highest BCUT2D eigenvalue weighted by atomic mass is 35.5. The van der Waals surface area contributed by atoms with Crippen LogP contribution in [-0.2, 0) is 6.42 Å². The lowest BCUT2D eigenvalue weighted by atomic mass is 10.1. The summed E-state index contributed by atoms with van der Waals surface area (Å²) in [6.45, 7) is 2.75. The van der Waals surface area contributed by atoms with Gasteiger partial charge in [0.25, 0.3) is 0 Å². The Morgan fingerprint density at radius 2 is 2.10 bits per heavy atom. The van der Waals surface area contributed by atoms with Crippen molar-refractivity contribution in [3.8, 4) is 5.75 Å². The topological polar surface area (TPSA) is 21.3 Å². The molecule has 3 rings (SSSR count). The van der Waals surface area contributed by atoms with Crippen molar-refractivity contribution in [1.82, 2.24) is 0 Å². The fraction of sp³-hybridized carbons (Fsp3) is 0.250. The molecule has 20 heavy (non-hydrogen) atoms. The first-order valence-electron chi connectivity index (χ1n) is 6.61. The Balaban J connectivity index is 1.80. The second-order valence-corrected chi connectivity index (χ2v) is 5.36. The molecule has 0 saturated carbocycles. The Morgan fingerprint density at radius 3 is 2.90 bits per heavy atom. The minimum Gasteiger partial charge on any atom is -0.493 e. The Kier molecular flexibility index (Phi) is 3.53. The van der Waals surface area contributed by atoms with Gasteiger partial charge in [-0.3, -0.25) is 0 Å². The Labute approximate surface area is 122 Å². The Bertz CT molecular complexity index is 644. The van der Waals surface area contributed by atoms with Crippen molar-refractivity contribution >= 4 is 17.3 Å². The molecule has 0 aliphatic carbocycles. The molecule has 0 aromatic heterocycles. The third-order valence-electron chi connectivity index (χ3n) is 3.50. The second kappa shape index (κ2) is 5.33. The molecule has 104 valence electrons. The molecule has 0 spiro atoms. The smallest absolute Gasteiger partial charge is 0.124 e. The maximum absolute atomic E-state index is 13.1. The first-order valence-corrected chi connectivity index (χ1v) is 6.98. The zero-order valence-corrected chi connectivity index (χ0v) is 11.9. The van der Waals surface area contributed by atoms with Crippen LogP contribution in [0.3, 0.4) is 0 Å². The van der Waals surface area contributed by atoms with Gasteiger partial charge in [-0.25, -0.2) is 4.39 Å². The van der Waals surface area contributed by atoms with E-state index in [9.17, 15) is 4.39 Å². The van der Waals surface area contributed by atoms with E-state index in [0.29, 0.717) is 5.02 Å². The molecule has 0 fully saturated rings. The predicted octanol–water partition coefficient (Wildman–Crippen LogP) is 4.59. The fourth-order valence-corrected chi connectivity index (χ4v) is 2.79. The van der Waals surface area contributed by atoms with E-state index in [2.05, 4.69) is 11.4 Å². The Hall–Kier alpha value is -1.74. The van der Waals surface area contributed by atoms with Gasteiger partial charge in [0.2, 0.25) is 0 Å². The molecule has 1 aliphatic rings. The van der Waals surface area contributed by atoms with Crippen LogP contribution in [-0.4, -0.2) is 6.61 Å². The molecule has 0 bridgehead atoms. The molecule has 0 amide bonds. The van der Waals surface area contributed by atoms with Crippen LogP contribution in [0.25, 0.3) is 0 Å². The minimum atomic E-state index is -0.319. The van der Waals surface area contributed by atoms with Crippen molar-refractivity contribution < 1.29 is 9.13 Å². The third-order valence-corrected chi connectivity index (χ3v) is 3.83. The molecule has 1 unspecified atom stereocenters. The van der Waals surface area contributed by atoms with Crippen LogP contribution in [0, 0.1) is 5.82 Å². The number of hydrogen-bond donors (Lipinski definition) is 1. The molecule has 1 atom stereocenters. The summed E-state index contributed by atoms with van der Waals surface area (Å²) < 4.78 is 18.6. The van der Waals surface area contributed by atoms with Crippen molar-refractivity contribution in [2.45, 2.75) is 19.4 Å². The highest BCUT2D eigenvalue weighted by molar-refractivity contribution is 6.31. The van der Waals surface area contributed by atoms with Gasteiger partial charge in [-0.15, -0.1) is 0 Å². The SMILES string of the molecule is CC(Nc1ccc2c(c1)CCO2)c1ccc(F)cc1Cl. The van der Waals surface area contributed by atoms with E-state index in [-0.39, 0.29) is 11.9 Å². The summed E-state index contributed by atoms with van der Waals surface area (Å²) in [6, 6.07) is 10.5. The van der Waals surface area contributed by atoms with E-state index in [1.807, 2.05) is 19.1 Å². The molecule has 2 aromatic rings. The van der Waals surface area contributed by atoms with Gasteiger partial charge < -0.3 is 10.1 Å². The number of nitrogens with one attached hydrogen (secondary N) is 1. The molecule has 1 heterocycles. The van der Waals surface area contributed by atoms with E-state index in [1.165, 1.54) is 17.7 Å². The molecule has 1 aliphatic heterocycles. The number of halogens is 2. The summed E-state index contributed by atoms with van der Waals surface area (Å²) in [4.78, 5) is 0. The van der Waals surface area contributed by atoms with Crippen LogP contribution in [0.4, 0.5) is 10.1 Å². The van der Waals surface area contributed by atoms with Crippen LogP contribution in [0.5, 0.6) is 5.75 Å². The van der Waals surface area contributed by atoms with Crippen LogP contribution in [0.2, 0.25) is 5.02 Å². The van der Waals surface area contributed by atoms with E-state index in [4.69, 9.17) is 16.3 Å². The van der Waals surface area contributed by atoms with Crippen molar-refractivity contribution in [3.05, 3.63) is 58.4 Å². The maximum Gasteiger partial charge on any atom is 0.124 e. The number of rotatable bonds is 3. The van der Waals surface area contributed by atoms with E-state index >= 15 is 0 Å². The lowest BCUT2D eigenvalue weighted by Gasteiger charge is -2.17. The van der Waals surface area contributed by atoms with Crippen LogP contribution in [0.1, 0.15) is 24.1 Å². The highest BCUT2D eigenvalue weighted by Crippen LogP contribution is 2.31. The van der Waals surface area contributed by atoms with Gasteiger partial charge in [0.15, 0.2) is 0 Å². The summed E-state index contributed by atoms with van der Waals surface area (Å²) >= 11 is 6.08. The summed E-state index contributed by atoms with van der Waals surface area (Å²) in [5.41, 5.74) is 3.11. The minimum absolute atomic E-state index is 0.00321. The van der Waals surface area contributed by atoms with Gasteiger partial charge in [0.05, 0.1) is 6.61 Å². The van der Waals surface area contributed by atoms with E-state index < -0.39 is 0 Å². The van der Waals surface area contributed by atoms with Crippen molar-refractivity contribution in [2.24, 2.45) is 0 Å². The molecular formula is C16H15ClFNO. The molecular weight excluding hydrogens is 277 g/mol. The van der Waals surface area contributed by atoms with Crippen LogP contribution >= 0.6 is 11.6 Å². The van der Waals surface area contributed by atoms with Gasteiger partial charge in [0, 0.05) is 23.2 Å². The quantitative estimate of drug-likeness (QED) is 0.893. The predicted molar refractivity (Wildman–Crippen MR) is 79.1 cm³/mol. The van der Waals surface area contributed by atoms with Gasteiger partial charge in [-0.1, -0.05) is 17.7 Å². The van der Waals surface area contributed by atoms with Gasteiger partial charge >= 0.3 is 0 Å². The summed E-state index contributed by atoms with van der Waals surface area (Å²) in [6.07, 6.45) is 0.941. The molecule has 1 N–H and O–H groups in total. The monoisotopic (exact) mass is 291 g/mol. The van der Waals surface area contributed by atoms with Crippen molar-refractivity contribution in [3.63, 3.8) is 0 Å². The standard InChI is InChI=1S/C16H15ClFNO/c1-10(14-4-2-12(18)9-15(14)17)19-13-3-5-16-11(8-13)6-7-20-16/h2-5,8-10,19H,6-7H2,1H3. The van der Waals surface area contributed by atoms with Crippen molar-refractivity contribution in [2.75, 3.05) is 11.9 Å². The first-order chi connectivity index (χ1) is 9.63. The summed E-state index contributed by atoms with van der Waals surface area (Å²) in [7, 11) is 0. The zero-order chi connectivity index (χ0) is 14.1. The summed E-state index contributed by atoms with van der Waals surface area (Å²) in [5.74, 6) is 0.642. The maximum atomic E-state index is 13.1. The highest BCUT2D eigenvalue weighted by Gasteiger charge is 2.14. The number of hydrogen-bond acceptors (Lipinski definition) is 2. The second-order valence-electron chi connectivity index (χ2n) is 4.95. The van der Waals surface area contributed by atoms with Crippen LogP contribution in [0.15, 0.2) is 36.4 Å². The molecule has 0 radical (unpaired) electrons. The summed E-state index contributed by atoms with van der Waals surface area (Å²) in [5, 5.41) is 3.83. The largest absolute Gasteiger partial charge is 0.493 e. The third kappa shape index (κ3) is 2.59. The van der Waals surface area contributed by atoms with Gasteiger partial charge in [0.1, 0.15) is 11.6 Å². The average Bonchev–Trinajstić information content (AvgIpc) is 2.85. The fourth-order valence-electron chi connectivity index (χ4n) is 2.46. The zero-order valence-electron chi connectivity index (χ0n) is 11.1. The molecule has 0 saturated heterocycles. The first kappa shape index (κ1) is 13.3. The van der Waals surface area contributed by atoms with Crippen molar-refractivity contribution in [1.29, 1.82) is 0 Å². The lowest BCUT2D eigenvalue weighted by Crippen LogP contribution is -2.07. The normalized spacial score (nSPS) is 14.6. The van der Waals surface area contributed by atoms with Gasteiger partial charge in [-0.05, 0) is 48.4 Å². The van der Waals surface area contributed by atoms with E-state index in [0.717, 1.165) is 30.0 Å². The Morgan fingerprint density at radius 1 is 1.25 bits per heavy atom. The number of fused-ring (bicyclic) bond motifs is 1. The molecule has 2 nitrogen and oxygen atoms in total. The average molecular weight is 292 g/mol. The number of benzene rings is 2. The van der Waals surface area contributed by atoms with Crippen LogP contribution < -0.4 is 10.1 Å². The lowest BCUT2D eigenvalue weighted by molar-refractivity contribution is 0.357. The van der Waals surface area contributed by atoms with Gasteiger partial charge in [-0.2, -0.15) is 0 Å². The van der Waals surface area contributed by atoms with E-state index in [1.54, 1.807) is 6.07 Å². The number of anilines is 1. The molecule has 2 aromatic carbocycles.